The molecular weight excluding hydrogens is 280 g/mol. The van der Waals surface area contributed by atoms with Crippen molar-refractivity contribution >= 4 is 27.5 Å². The minimum atomic E-state index is -0.0868. The molecule has 0 bridgehead atoms. The number of carbonyl (C=O) groups excluding carboxylic acids is 1. The molecule has 0 aromatic heterocycles. The third-order valence-corrected chi connectivity index (χ3v) is 3.76. The number of rotatable bonds is 4. The molecule has 3 N–H and O–H groups in total. The van der Waals surface area contributed by atoms with Gasteiger partial charge in [-0.05, 0) is 42.9 Å². The Morgan fingerprint density at radius 2 is 2.29 bits per heavy atom. The van der Waals surface area contributed by atoms with Crippen LogP contribution in [-0.4, -0.2) is 12.5 Å². The van der Waals surface area contributed by atoms with E-state index in [-0.39, 0.29) is 5.91 Å². The maximum Gasteiger partial charge on any atom is 0.253 e. The first-order valence-corrected chi connectivity index (χ1v) is 6.70. The highest BCUT2D eigenvalue weighted by Gasteiger charge is 2.28. The van der Waals surface area contributed by atoms with Crippen molar-refractivity contribution in [1.82, 2.24) is 5.32 Å². The van der Waals surface area contributed by atoms with Gasteiger partial charge in [0.2, 0.25) is 0 Å². The maximum absolute atomic E-state index is 12.0. The van der Waals surface area contributed by atoms with E-state index in [1.165, 1.54) is 12.8 Å². The molecule has 1 fully saturated rings. The Hall–Kier alpha value is -1.03. The Bertz CT molecular complexity index is 429. The summed E-state index contributed by atoms with van der Waals surface area (Å²) in [5, 5.41) is 2.95. The summed E-state index contributed by atoms with van der Waals surface area (Å²) in [6.07, 6.45) is 2.60. The summed E-state index contributed by atoms with van der Waals surface area (Å²) >= 11 is 3.34. The molecule has 1 aromatic carbocycles. The standard InChI is InChI=1S/C13H17BrN2O/c1-8(9-2-3-9)7-16-13(17)11-6-10(14)4-5-12(11)15/h4-6,8-9H,2-3,7,15H2,1H3,(H,16,17). The van der Waals surface area contributed by atoms with Gasteiger partial charge in [-0.15, -0.1) is 0 Å². The van der Waals surface area contributed by atoms with E-state index in [1.54, 1.807) is 12.1 Å². The molecule has 1 amide bonds. The average molecular weight is 297 g/mol. The summed E-state index contributed by atoms with van der Waals surface area (Å²) in [4.78, 5) is 12.0. The molecule has 1 atom stereocenters. The number of nitrogens with one attached hydrogen (secondary N) is 1. The first kappa shape index (κ1) is 12.4. The number of halogens is 1. The SMILES string of the molecule is CC(CNC(=O)c1cc(Br)ccc1N)C1CC1. The fourth-order valence-corrected chi connectivity index (χ4v) is 2.27. The molecule has 1 aromatic rings. The smallest absolute Gasteiger partial charge is 0.253 e. The number of benzene rings is 1. The molecular formula is C13H17BrN2O. The second-order valence-electron chi connectivity index (χ2n) is 4.76. The van der Waals surface area contributed by atoms with Crippen LogP contribution in [0.4, 0.5) is 5.69 Å². The molecule has 2 rings (SSSR count). The highest BCUT2D eigenvalue weighted by Crippen LogP contribution is 2.36. The van der Waals surface area contributed by atoms with Crippen molar-refractivity contribution in [2.24, 2.45) is 11.8 Å². The molecule has 4 heteroatoms. The Morgan fingerprint density at radius 1 is 1.59 bits per heavy atom. The Labute approximate surface area is 110 Å². The summed E-state index contributed by atoms with van der Waals surface area (Å²) in [7, 11) is 0. The minimum Gasteiger partial charge on any atom is -0.398 e. The van der Waals surface area contributed by atoms with Crippen molar-refractivity contribution in [2.75, 3.05) is 12.3 Å². The zero-order chi connectivity index (χ0) is 12.4. The molecule has 17 heavy (non-hydrogen) atoms. The van der Waals surface area contributed by atoms with Crippen molar-refractivity contribution < 1.29 is 4.79 Å². The van der Waals surface area contributed by atoms with Gasteiger partial charge in [0.15, 0.2) is 0 Å². The molecule has 92 valence electrons. The Morgan fingerprint density at radius 3 is 2.94 bits per heavy atom. The number of carbonyl (C=O) groups is 1. The van der Waals surface area contributed by atoms with Crippen molar-refractivity contribution in [3.05, 3.63) is 28.2 Å². The van der Waals surface area contributed by atoms with Gasteiger partial charge in [-0.25, -0.2) is 0 Å². The normalized spacial score (nSPS) is 16.6. The average Bonchev–Trinajstić information content (AvgIpc) is 3.12. The van der Waals surface area contributed by atoms with E-state index < -0.39 is 0 Å². The van der Waals surface area contributed by atoms with Crippen LogP contribution in [0.3, 0.4) is 0 Å². The number of hydrogen-bond acceptors (Lipinski definition) is 2. The number of anilines is 1. The van der Waals surface area contributed by atoms with Crippen LogP contribution in [0, 0.1) is 11.8 Å². The van der Waals surface area contributed by atoms with Gasteiger partial charge in [-0.1, -0.05) is 22.9 Å². The number of nitrogen functional groups attached to an aromatic ring is 1. The van der Waals surface area contributed by atoms with Gasteiger partial charge in [0.25, 0.3) is 5.91 Å². The van der Waals surface area contributed by atoms with Gasteiger partial charge >= 0.3 is 0 Å². The van der Waals surface area contributed by atoms with E-state index in [2.05, 4.69) is 28.2 Å². The van der Waals surface area contributed by atoms with Crippen LogP contribution in [0.2, 0.25) is 0 Å². The van der Waals surface area contributed by atoms with Gasteiger partial charge in [-0.2, -0.15) is 0 Å². The highest BCUT2D eigenvalue weighted by molar-refractivity contribution is 9.10. The zero-order valence-electron chi connectivity index (χ0n) is 9.87. The van der Waals surface area contributed by atoms with Gasteiger partial charge < -0.3 is 11.1 Å². The largest absolute Gasteiger partial charge is 0.398 e. The quantitative estimate of drug-likeness (QED) is 0.840. The lowest BCUT2D eigenvalue weighted by Crippen LogP contribution is -2.29. The fraction of sp³-hybridized carbons (Fsp3) is 0.462. The monoisotopic (exact) mass is 296 g/mol. The van der Waals surface area contributed by atoms with E-state index >= 15 is 0 Å². The molecule has 0 heterocycles. The molecule has 1 saturated carbocycles. The summed E-state index contributed by atoms with van der Waals surface area (Å²) in [5.74, 6) is 1.28. The topological polar surface area (TPSA) is 55.1 Å². The second kappa shape index (κ2) is 5.08. The lowest BCUT2D eigenvalue weighted by molar-refractivity contribution is 0.0947. The molecule has 1 aliphatic carbocycles. The number of amides is 1. The highest BCUT2D eigenvalue weighted by atomic mass is 79.9. The Balaban J connectivity index is 1.96. The molecule has 3 nitrogen and oxygen atoms in total. The molecule has 0 aliphatic heterocycles. The van der Waals surface area contributed by atoms with Crippen LogP contribution in [0.1, 0.15) is 30.1 Å². The van der Waals surface area contributed by atoms with Gasteiger partial charge in [0, 0.05) is 16.7 Å². The van der Waals surface area contributed by atoms with Gasteiger partial charge in [-0.3, -0.25) is 4.79 Å². The van der Waals surface area contributed by atoms with E-state index in [4.69, 9.17) is 5.73 Å². The predicted molar refractivity (Wildman–Crippen MR) is 72.8 cm³/mol. The summed E-state index contributed by atoms with van der Waals surface area (Å²) in [6.45, 7) is 2.91. The van der Waals surface area contributed by atoms with Gasteiger partial charge in [0.05, 0.1) is 5.56 Å². The van der Waals surface area contributed by atoms with E-state index in [0.29, 0.717) is 17.2 Å². The molecule has 1 aliphatic rings. The predicted octanol–water partition coefficient (Wildman–Crippen LogP) is 2.81. The zero-order valence-corrected chi connectivity index (χ0v) is 11.5. The second-order valence-corrected chi connectivity index (χ2v) is 5.67. The van der Waals surface area contributed by atoms with Crippen molar-refractivity contribution in [2.45, 2.75) is 19.8 Å². The van der Waals surface area contributed by atoms with Crippen LogP contribution < -0.4 is 11.1 Å². The number of nitrogens with two attached hydrogens (primary N) is 1. The van der Waals surface area contributed by atoms with Gasteiger partial charge in [0.1, 0.15) is 0 Å². The van der Waals surface area contributed by atoms with Crippen molar-refractivity contribution in [3.8, 4) is 0 Å². The van der Waals surface area contributed by atoms with Crippen LogP contribution in [-0.2, 0) is 0 Å². The summed E-state index contributed by atoms with van der Waals surface area (Å²) in [6, 6.07) is 5.33. The maximum atomic E-state index is 12.0. The first-order chi connectivity index (χ1) is 8.08. The Kier molecular flexibility index (Phi) is 3.72. The van der Waals surface area contributed by atoms with E-state index in [9.17, 15) is 4.79 Å². The van der Waals surface area contributed by atoms with E-state index in [1.807, 2.05) is 6.07 Å². The fourth-order valence-electron chi connectivity index (χ4n) is 1.91. The van der Waals surface area contributed by atoms with Crippen molar-refractivity contribution in [3.63, 3.8) is 0 Å². The van der Waals surface area contributed by atoms with E-state index in [0.717, 1.165) is 16.9 Å². The third kappa shape index (κ3) is 3.22. The summed E-state index contributed by atoms with van der Waals surface area (Å²) < 4.78 is 0.868. The summed E-state index contributed by atoms with van der Waals surface area (Å²) in [5.41, 5.74) is 6.85. The van der Waals surface area contributed by atoms with Crippen LogP contribution in [0.25, 0.3) is 0 Å². The molecule has 0 radical (unpaired) electrons. The molecule has 1 unspecified atom stereocenters. The molecule has 0 saturated heterocycles. The minimum absolute atomic E-state index is 0.0868. The lowest BCUT2D eigenvalue weighted by Gasteiger charge is -2.12. The van der Waals surface area contributed by atoms with Crippen LogP contribution in [0.5, 0.6) is 0 Å². The first-order valence-electron chi connectivity index (χ1n) is 5.91. The van der Waals surface area contributed by atoms with Crippen LogP contribution in [0.15, 0.2) is 22.7 Å². The number of hydrogen-bond donors (Lipinski definition) is 2. The molecule has 0 spiro atoms. The lowest BCUT2D eigenvalue weighted by atomic mass is 10.1. The van der Waals surface area contributed by atoms with Crippen LogP contribution >= 0.6 is 15.9 Å². The van der Waals surface area contributed by atoms with Crippen molar-refractivity contribution in [1.29, 1.82) is 0 Å². The third-order valence-electron chi connectivity index (χ3n) is 3.27.